The molecule has 1 aromatic rings. The van der Waals surface area contributed by atoms with Crippen molar-refractivity contribution in [2.45, 2.75) is 45.3 Å². The Bertz CT molecular complexity index is 377. The van der Waals surface area contributed by atoms with E-state index in [-0.39, 0.29) is 6.04 Å². The van der Waals surface area contributed by atoms with Gasteiger partial charge in [0.2, 0.25) is 5.89 Å². The van der Waals surface area contributed by atoms with Gasteiger partial charge in [0.25, 0.3) is 0 Å². The van der Waals surface area contributed by atoms with Gasteiger partial charge in [-0.1, -0.05) is 5.16 Å². The van der Waals surface area contributed by atoms with Crippen LogP contribution in [0.15, 0.2) is 4.52 Å². The highest BCUT2D eigenvalue weighted by Crippen LogP contribution is 2.32. The Labute approximate surface area is 113 Å². The molecule has 1 aliphatic carbocycles. The Kier molecular flexibility index (Phi) is 5.30. The first-order valence-electron chi connectivity index (χ1n) is 7.00. The molecule has 2 N–H and O–H groups in total. The second-order valence-corrected chi connectivity index (χ2v) is 4.93. The van der Waals surface area contributed by atoms with Gasteiger partial charge in [0.05, 0.1) is 18.8 Å². The minimum Gasteiger partial charge on any atom is -0.380 e. The van der Waals surface area contributed by atoms with Gasteiger partial charge in [0, 0.05) is 19.6 Å². The quantitative estimate of drug-likeness (QED) is 0.769. The van der Waals surface area contributed by atoms with Gasteiger partial charge in [-0.05, 0) is 32.6 Å². The number of rotatable bonds is 8. The van der Waals surface area contributed by atoms with Crippen molar-refractivity contribution in [3.8, 4) is 0 Å². The van der Waals surface area contributed by atoms with Crippen LogP contribution in [-0.2, 0) is 15.9 Å². The third kappa shape index (κ3) is 3.99. The first-order valence-corrected chi connectivity index (χ1v) is 7.00. The molecule has 2 rings (SSSR count). The molecule has 1 aliphatic rings. The topological polar surface area (TPSA) is 83.4 Å². The molecule has 6 heteroatoms. The molecule has 0 spiro atoms. The monoisotopic (exact) mass is 269 g/mol. The van der Waals surface area contributed by atoms with Gasteiger partial charge in [0.1, 0.15) is 0 Å². The van der Waals surface area contributed by atoms with E-state index in [1.807, 2.05) is 13.8 Å². The largest absolute Gasteiger partial charge is 0.380 e. The molecular weight excluding hydrogens is 246 g/mol. The van der Waals surface area contributed by atoms with Crippen LogP contribution in [-0.4, -0.2) is 36.1 Å². The molecule has 1 unspecified atom stereocenters. The summed E-state index contributed by atoms with van der Waals surface area (Å²) in [7, 11) is 0. The van der Waals surface area contributed by atoms with Gasteiger partial charge < -0.3 is 19.7 Å². The van der Waals surface area contributed by atoms with E-state index in [9.17, 15) is 0 Å². The second-order valence-electron chi connectivity index (χ2n) is 4.93. The molecule has 0 bridgehead atoms. The molecule has 1 aromatic heterocycles. The average Bonchev–Trinajstić information content (AvgIpc) is 2.82. The fourth-order valence-electron chi connectivity index (χ4n) is 2.28. The van der Waals surface area contributed by atoms with Crippen LogP contribution < -0.4 is 5.73 Å². The van der Waals surface area contributed by atoms with Crippen molar-refractivity contribution in [3.63, 3.8) is 0 Å². The molecule has 1 atom stereocenters. The van der Waals surface area contributed by atoms with Crippen molar-refractivity contribution in [2.75, 3.05) is 19.8 Å². The summed E-state index contributed by atoms with van der Waals surface area (Å²) in [6, 6.07) is -0.310. The molecule has 108 valence electrons. The number of hydrogen-bond donors (Lipinski definition) is 1. The molecule has 6 nitrogen and oxygen atoms in total. The summed E-state index contributed by atoms with van der Waals surface area (Å²) in [6.45, 7) is 5.80. The van der Waals surface area contributed by atoms with Crippen molar-refractivity contribution in [2.24, 2.45) is 11.7 Å². The molecule has 0 amide bonds. The highest BCUT2D eigenvalue weighted by molar-refractivity contribution is 4.95. The Balaban J connectivity index is 1.75. The van der Waals surface area contributed by atoms with E-state index >= 15 is 0 Å². The maximum absolute atomic E-state index is 5.90. The van der Waals surface area contributed by atoms with E-state index in [4.69, 9.17) is 19.7 Å². The van der Waals surface area contributed by atoms with Crippen LogP contribution in [0.25, 0.3) is 0 Å². The van der Waals surface area contributed by atoms with E-state index < -0.39 is 0 Å². The third-order valence-electron chi connectivity index (χ3n) is 3.38. The van der Waals surface area contributed by atoms with Crippen LogP contribution in [0.2, 0.25) is 0 Å². The van der Waals surface area contributed by atoms with Crippen LogP contribution >= 0.6 is 0 Å². The highest BCUT2D eigenvalue weighted by atomic mass is 16.5. The summed E-state index contributed by atoms with van der Waals surface area (Å²) in [5, 5.41) is 3.91. The van der Waals surface area contributed by atoms with Crippen molar-refractivity contribution in [3.05, 3.63) is 11.7 Å². The van der Waals surface area contributed by atoms with Crippen LogP contribution in [0.4, 0.5) is 0 Å². The van der Waals surface area contributed by atoms with Crippen molar-refractivity contribution in [1.29, 1.82) is 0 Å². The summed E-state index contributed by atoms with van der Waals surface area (Å²) in [5.74, 6) is 1.79. The van der Waals surface area contributed by atoms with Gasteiger partial charge in [-0.15, -0.1) is 0 Å². The lowest BCUT2D eigenvalue weighted by molar-refractivity contribution is -0.0258. The van der Waals surface area contributed by atoms with Gasteiger partial charge in [-0.25, -0.2) is 0 Å². The van der Waals surface area contributed by atoms with Gasteiger partial charge >= 0.3 is 0 Å². The molecule has 0 saturated heterocycles. The molecule has 0 aromatic carbocycles. The Morgan fingerprint density at radius 2 is 2.16 bits per heavy atom. The molecule has 0 aliphatic heterocycles. The lowest BCUT2D eigenvalue weighted by Gasteiger charge is -2.33. The number of nitrogens with two attached hydrogens (primary N) is 1. The molecule has 1 fully saturated rings. The predicted octanol–water partition coefficient (Wildman–Crippen LogP) is 1.46. The summed E-state index contributed by atoms with van der Waals surface area (Å²) in [5.41, 5.74) is 5.90. The fourth-order valence-corrected chi connectivity index (χ4v) is 2.28. The van der Waals surface area contributed by atoms with Gasteiger partial charge in [-0.3, -0.25) is 0 Å². The predicted molar refractivity (Wildman–Crippen MR) is 69.6 cm³/mol. The Hall–Kier alpha value is -0.980. The Morgan fingerprint density at radius 1 is 1.37 bits per heavy atom. The van der Waals surface area contributed by atoms with E-state index in [0.29, 0.717) is 37.0 Å². The van der Waals surface area contributed by atoms with Gasteiger partial charge in [-0.2, -0.15) is 4.98 Å². The van der Waals surface area contributed by atoms with Crippen LogP contribution in [0, 0.1) is 5.92 Å². The van der Waals surface area contributed by atoms with Gasteiger partial charge in [0.15, 0.2) is 5.82 Å². The minimum absolute atomic E-state index is 0.310. The van der Waals surface area contributed by atoms with Crippen LogP contribution in [0.3, 0.4) is 0 Å². The summed E-state index contributed by atoms with van der Waals surface area (Å²) >= 11 is 0. The van der Waals surface area contributed by atoms with E-state index in [0.717, 1.165) is 25.9 Å². The SMILES string of the molecule is CCOCC(N)c1noc(CC2CC(OCC)C2)n1. The van der Waals surface area contributed by atoms with E-state index in [2.05, 4.69) is 10.1 Å². The van der Waals surface area contributed by atoms with Crippen molar-refractivity contribution >= 4 is 0 Å². The minimum atomic E-state index is -0.310. The summed E-state index contributed by atoms with van der Waals surface area (Å²) in [4.78, 5) is 4.33. The maximum atomic E-state index is 5.90. The van der Waals surface area contributed by atoms with E-state index in [1.165, 1.54) is 0 Å². The first kappa shape index (κ1) is 14.4. The molecule has 1 saturated carbocycles. The second kappa shape index (κ2) is 6.98. The van der Waals surface area contributed by atoms with Crippen molar-refractivity contribution in [1.82, 2.24) is 10.1 Å². The summed E-state index contributed by atoms with van der Waals surface area (Å²) < 4.78 is 16.0. The van der Waals surface area contributed by atoms with E-state index in [1.54, 1.807) is 0 Å². The zero-order chi connectivity index (χ0) is 13.7. The normalized spacial score (nSPS) is 24.2. The molecular formula is C13H23N3O3. The standard InChI is InChI=1S/C13H23N3O3/c1-3-17-8-11(14)13-15-12(19-16-13)7-9-5-10(6-9)18-4-2/h9-11H,3-8,14H2,1-2H3. The molecule has 0 radical (unpaired) electrons. The average molecular weight is 269 g/mol. The van der Waals surface area contributed by atoms with Crippen LogP contribution in [0.5, 0.6) is 0 Å². The Morgan fingerprint density at radius 3 is 2.84 bits per heavy atom. The number of ether oxygens (including phenoxy) is 2. The number of hydrogen-bond acceptors (Lipinski definition) is 6. The van der Waals surface area contributed by atoms with Crippen LogP contribution in [0.1, 0.15) is 44.4 Å². The fraction of sp³-hybridized carbons (Fsp3) is 0.846. The third-order valence-corrected chi connectivity index (χ3v) is 3.38. The zero-order valence-corrected chi connectivity index (χ0v) is 11.7. The first-order chi connectivity index (χ1) is 9.22. The lowest BCUT2D eigenvalue weighted by atomic mass is 9.80. The smallest absolute Gasteiger partial charge is 0.226 e. The molecule has 19 heavy (non-hydrogen) atoms. The lowest BCUT2D eigenvalue weighted by Crippen LogP contribution is -2.32. The highest BCUT2D eigenvalue weighted by Gasteiger charge is 2.31. The number of aromatic nitrogens is 2. The summed E-state index contributed by atoms with van der Waals surface area (Å²) in [6.07, 6.45) is 3.39. The number of nitrogens with zero attached hydrogens (tertiary/aromatic N) is 2. The van der Waals surface area contributed by atoms with Crippen molar-refractivity contribution < 1.29 is 14.0 Å². The maximum Gasteiger partial charge on any atom is 0.226 e. The zero-order valence-electron chi connectivity index (χ0n) is 11.7. The molecule has 1 heterocycles.